The van der Waals surface area contributed by atoms with Gasteiger partial charge in [0.2, 0.25) is 0 Å². The van der Waals surface area contributed by atoms with E-state index in [-0.39, 0.29) is 5.75 Å². The van der Waals surface area contributed by atoms with Crippen molar-refractivity contribution in [3.05, 3.63) is 22.7 Å². The molecular weight excluding hydrogens is 236 g/mol. The second-order valence-corrected chi connectivity index (χ2v) is 4.39. The Morgan fingerprint density at radius 2 is 2.27 bits per heavy atom. The van der Waals surface area contributed by atoms with Crippen LogP contribution in [0.4, 0.5) is 0 Å². The van der Waals surface area contributed by atoms with Gasteiger partial charge >= 0.3 is 5.97 Å². The maximum Gasteiger partial charge on any atom is 0.313 e. The lowest BCUT2D eigenvalue weighted by atomic mass is 10.2. The number of aryl methyl sites for hydroxylation is 1. The van der Waals surface area contributed by atoms with Crippen molar-refractivity contribution in [2.45, 2.75) is 11.8 Å². The minimum atomic E-state index is -0.861. The number of carbonyl (C=O) groups is 1. The number of hydrogen-bond acceptors (Lipinski definition) is 3. The number of carboxylic acid groups (broad SMARTS) is 1. The van der Waals surface area contributed by atoms with Gasteiger partial charge in [-0.2, -0.15) is 0 Å². The summed E-state index contributed by atoms with van der Waals surface area (Å²) < 4.78 is 5.19. The van der Waals surface area contributed by atoms with Crippen LogP contribution >= 0.6 is 23.4 Å². The number of methoxy groups -OCH3 is 1. The van der Waals surface area contributed by atoms with Crippen LogP contribution in [0.1, 0.15) is 5.56 Å². The topological polar surface area (TPSA) is 46.5 Å². The van der Waals surface area contributed by atoms with Crippen molar-refractivity contribution >= 4 is 29.3 Å². The average Bonchev–Trinajstić information content (AvgIpc) is 2.13. The third-order valence-corrected chi connectivity index (χ3v) is 2.98. The Morgan fingerprint density at radius 1 is 1.60 bits per heavy atom. The Labute approximate surface area is 97.4 Å². The van der Waals surface area contributed by atoms with Gasteiger partial charge in [-0.3, -0.25) is 4.79 Å². The van der Waals surface area contributed by atoms with E-state index in [1.54, 1.807) is 19.2 Å². The minimum Gasteiger partial charge on any atom is -0.495 e. The lowest BCUT2D eigenvalue weighted by Crippen LogP contribution is -1.99. The number of hydrogen-bond donors (Lipinski definition) is 1. The van der Waals surface area contributed by atoms with Crippen LogP contribution in [0.25, 0.3) is 0 Å². The van der Waals surface area contributed by atoms with E-state index in [2.05, 4.69) is 0 Å². The van der Waals surface area contributed by atoms with Crippen LogP contribution in [-0.4, -0.2) is 23.9 Å². The van der Waals surface area contributed by atoms with Crippen molar-refractivity contribution in [2.24, 2.45) is 0 Å². The zero-order chi connectivity index (χ0) is 11.4. The molecule has 0 aromatic heterocycles. The van der Waals surface area contributed by atoms with Crippen LogP contribution in [0.15, 0.2) is 17.0 Å². The number of carboxylic acids is 1. The van der Waals surface area contributed by atoms with Crippen molar-refractivity contribution in [2.75, 3.05) is 12.9 Å². The predicted molar refractivity (Wildman–Crippen MR) is 61.1 cm³/mol. The summed E-state index contributed by atoms with van der Waals surface area (Å²) in [6, 6.07) is 3.49. The molecule has 0 spiro atoms. The number of aliphatic carboxylic acids is 1. The van der Waals surface area contributed by atoms with Crippen molar-refractivity contribution in [1.29, 1.82) is 0 Å². The van der Waals surface area contributed by atoms with Crippen LogP contribution in [0, 0.1) is 6.92 Å². The van der Waals surface area contributed by atoms with Gasteiger partial charge in [0.15, 0.2) is 0 Å². The Kier molecular flexibility index (Phi) is 4.29. The average molecular weight is 247 g/mol. The third-order valence-electron chi connectivity index (χ3n) is 1.76. The van der Waals surface area contributed by atoms with E-state index in [1.165, 1.54) is 11.8 Å². The summed E-state index contributed by atoms with van der Waals surface area (Å²) in [5.41, 5.74) is 0.901. The monoisotopic (exact) mass is 246 g/mol. The first-order valence-corrected chi connectivity index (χ1v) is 5.59. The van der Waals surface area contributed by atoms with E-state index in [1.807, 2.05) is 6.92 Å². The maximum atomic E-state index is 10.4. The first kappa shape index (κ1) is 12.2. The Morgan fingerprint density at radius 3 is 2.80 bits per heavy atom. The minimum absolute atomic E-state index is 0.00383. The highest BCUT2D eigenvalue weighted by Gasteiger charge is 2.10. The van der Waals surface area contributed by atoms with E-state index >= 15 is 0 Å². The van der Waals surface area contributed by atoms with Crippen LogP contribution < -0.4 is 4.74 Å². The molecule has 0 bridgehead atoms. The molecule has 0 amide bonds. The number of halogens is 1. The second kappa shape index (κ2) is 5.28. The molecule has 0 saturated heterocycles. The first-order chi connectivity index (χ1) is 7.04. The molecule has 0 unspecified atom stereocenters. The van der Waals surface area contributed by atoms with Gasteiger partial charge in [-0.15, -0.1) is 11.8 Å². The van der Waals surface area contributed by atoms with Crippen molar-refractivity contribution in [1.82, 2.24) is 0 Å². The zero-order valence-corrected chi connectivity index (χ0v) is 9.98. The Bertz CT molecular complexity index is 379. The van der Waals surface area contributed by atoms with Gasteiger partial charge in [0.1, 0.15) is 5.75 Å². The molecule has 0 aliphatic rings. The molecule has 15 heavy (non-hydrogen) atoms. The standard InChI is InChI=1S/C10H11ClO3S/c1-6-3-7(11)4-8(10(6)14-2)15-5-9(12)13/h3-4H,5H2,1-2H3,(H,12,13). The first-order valence-electron chi connectivity index (χ1n) is 4.23. The summed E-state index contributed by atoms with van der Waals surface area (Å²) in [6.45, 7) is 1.87. The summed E-state index contributed by atoms with van der Waals surface area (Å²) >= 11 is 7.08. The van der Waals surface area contributed by atoms with Gasteiger partial charge in [0.05, 0.1) is 17.8 Å². The second-order valence-electron chi connectivity index (χ2n) is 2.94. The predicted octanol–water partition coefficient (Wildman–Crippen LogP) is 2.83. The molecule has 1 aromatic carbocycles. The number of benzene rings is 1. The van der Waals surface area contributed by atoms with Crippen molar-refractivity contribution in [3.63, 3.8) is 0 Å². The Balaban J connectivity index is 2.98. The molecule has 82 valence electrons. The van der Waals surface area contributed by atoms with Gasteiger partial charge in [-0.1, -0.05) is 11.6 Å². The smallest absolute Gasteiger partial charge is 0.313 e. The lowest BCUT2D eigenvalue weighted by Gasteiger charge is -2.10. The summed E-state index contributed by atoms with van der Waals surface area (Å²) in [5.74, 6) is -0.179. The van der Waals surface area contributed by atoms with Crippen LogP contribution in [0.5, 0.6) is 5.75 Å². The number of thioether (sulfide) groups is 1. The molecule has 1 N–H and O–H groups in total. The normalized spacial score (nSPS) is 10.1. The third kappa shape index (κ3) is 3.32. The summed E-state index contributed by atoms with van der Waals surface area (Å²) in [4.78, 5) is 11.2. The van der Waals surface area contributed by atoms with E-state index in [0.717, 1.165) is 10.5 Å². The fourth-order valence-electron chi connectivity index (χ4n) is 1.21. The highest BCUT2D eigenvalue weighted by molar-refractivity contribution is 8.00. The van der Waals surface area contributed by atoms with E-state index in [9.17, 15) is 4.79 Å². The largest absolute Gasteiger partial charge is 0.495 e. The van der Waals surface area contributed by atoms with Gasteiger partial charge < -0.3 is 9.84 Å². The Hall–Kier alpha value is -0.870. The van der Waals surface area contributed by atoms with Gasteiger partial charge in [-0.25, -0.2) is 0 Å². The van der Waals surface area contributed by atoms with Gasteiger partial charge in [0.25, 0.3) is 0 Å². The van der Waals surface area contributed by atoms with Crippen LogP contribution in [0.2, 0.25) is 5.02 Å². The fraction of sp³-hybridized carbons (Fsp3) is 0.300. The fourth-order valence-corrected chi connectivity index (χ4v) is 2.41. The van der Waals surface area contributed by atoms with Crippen molar-refractivity contribution in [3.8, 4) is 5.75 Å². The molecule has 0 saturated carbocycles. The molecule has 0 heterocycles. The number of rotatable bonds is 4. The molecule has 0 aliphatic carbocycles. The summed E-state index contributed by atoms with van der Waals surface area (Å²) in [7, 11) is 1.56. The molecule has 1 aromatic rings. The van der Waals surface area contributed by atoms with Crippen LogP contribution in [0.3, 0.4) is 0 Å². The highest BCUT2D eigenvalue weighted by Crippen LogP contribution is 2.34. The molecule has 0 atom stereocenters. The molecule has 5 heteroatoms. The molecule has 0 aliphatic heterocycles. The van der Waals surface area contributed by atoms with Crippen molar-refractivity contribution < 1.29 is 14.6 Å². The molecule has 0 radical (unpaired) electrons. The highest BCUT2D eigenvalue weighted by atomic mass is 35.5. The van der Waals surface area contributed by atoms with E-state index in [0.29, 0.717) is 10.8 Å². The zero-order valence-electron chi connectivity index (χ0n) is 8.41. The number of ether oxygens (including phenoxy) is 1. The lowest BCUT2D eigenvalue weighted by molar-refractivity contribution is -0.133. The van der Waals surface area contributed by atoms with Gasteiger partial charge in [0, 0.05) is 5.02 Å². The van der Waals surface area contributed by atoms with Crippen LogP contribution in [-0.2, 0) is 4.79 Å². The summed E-state index contributed by atoms with van der Waals surface area (Å²) in [5, 5.41) is 9.17. The SMILES string of the molecule is COc1c(C)cc(Cl)cc1SCC(=O)O. The summed E-state index contributed by atoms with van der Waals surface area (Å²) in [6.07, 6.45) is 0. The van der Waals surface area contributed by atoms with Gasteiger partial charge in [-0.05, 0) is 24.6 Å². The quantitative estimate of drug-likeness (QED) is 0.830. The van der Waals surface area contributed by atoms with E-state index < -0.39 is 5.97 Å². The maximum absolute atomic E-state index is 10.4. The van der Waals surface area contributed by atoms with E-state index in [4.69, 9.17) is 21.4 Å². The molecule has 3 nitrogen and oxygen atoms in total. The molecular formula is C10H11ClO3S. The molecule has 1 rings (SSSR count). The molecule has 0 fully saturated rings.